The van der Waals surface area contributed by atoms with Crippen LogP contribution in [0.4, 0.5) is 5.69 Å². The van der Waals surface area contributed by atoms with Crippen molar-refractivity contribution < 1.29 is 9.53 Å². The van der Waals surface area contributed by atoms with Gasteiger partial charge < -0.3 is 15.0 Å². The van der Waals surface area contributed by atoms with E-state index in [1.54, 1.807) is 7.11 Å². The van der Waals surface area contributed by atoms with Gasteiger partial charge in [-0.25, -0.2) is 0 Å². The molecule has 0 aromatic heterocycles. The Morgan fingerprint density at radius 2 is 2.12 bits per heavy atom. The molecule has 0 unspecified atom stereocenters. The van der Waals surface area contributed by atoms with Gasteiger partial charge in [-0.05, 0) is 30.7 Å². The quantitative estimate of drug-likeness (QED) is 0.859. The van der Waals surface area contributed by atoms with Crippen LogP contribution >= 0.6 is 0 Å². The van der Waals surface area contributed by atoms with Gasteiger partial charge in [0.1, 0.15) is 5.75 Å². The van der Waals surface area contributed by atoms with Gasteiger partial charge in [0.05, 0.1) is 13.2 Å². The Morgan fingerprint density at radius 3 is 2.71 bits per heavy atom. The lowest BCUT2D eigenvalue weighted by atomic mass is 10.1. The average Bonchev–Trinajstić information content (AvgIpc) is 2.39. The van der Waals surface area contributed by atoms with Crippen LogP contribution in [0.2, 0.25) is 0 Å². The first kappa shape index (κ1) is 11.9. The Labute approximate surface area is 102 Å². The predicted molar refractivity (Wildman–Crippen MR) is 67.4 cm³/mol. The van der Waals surface area contributed by atoms with E-state index >= 15 is 0 Å². The summed E-state index contributed by atoms with van der Waals surface area (Å²) in [6.45, 7) is 3.59. The highest BCUT2D eigenvalue weighted by Gasteiger charge is 2.27. The molecule has 1 aliphatic rings. The number of nitrogens with zero attached hydrogens (tertiary/aromatic N) is 1. The van der Waals surface area contributed by atoms with Gasteiger partial charge in [0, 0.05) is 18.8 Å². The minimum Gasteiger partial charge on any atom is -0.497 e. The third-order valence-electron chi connectivity index (χ3n) is 3.08. The maximum absolute atomic E-state index is 12.1. The van der Waals surface area contributed by atoms with E-state index in [-0.39, 0.29) is 11.9 Å². The van der Waals surface area contributed by atoms with E-state index in [2.05, 4.69) is 5.32 Å². The molecular formula is C13H18N2O2. The van der Waals surface area contributed by atoms with E-state index in [9.17, 15) is 4.79 Å². The molecule has 0 spiro atoms. The monoisotopic (exact) mass is 234 g/mol. The van der Waals surface area contributed by atoms with Gasteiger partial charge in [-0.1, -0.05) is 6.92 Å². The lowest BCUT2D eigenvalue weighted by Gasteiger charge is -2.32. The first-order chi connectivity index (χ1) is 8.26. The van der Waals surface area contributed by atoms with Crippen molar-refractivity contribution in [2.45, 2.75) is 19.4 Å². The van der Waals surface area contributed by atoms with Gasteiger partial charge >= 0.3 is 0 Å². The molecule has 0 aliphatic carbocycles. The molecule has 2 rings (SSSR count). The number of anilines is 1. The normalized spacial score (nSPS) is 20.5. The molecule has 1 N–H and O–H groups in total. The maximum atomic E-state index is 12.1. The standard InChI is InChI=1S/C13H18N2O2/c1-3-12-13(16)15(9-8-14-12)10-4-6-11(17-2)7-5-10/h4-7,12,14H,3,8-9H2,1-2H3/t12-/m0/s1. The van der Waals surface area contributed by atoms with Crippen LogP contribution in [-0.2, 0) is 4.79 Å². The topological polar surface area (TPSA) is 41.6 Å². The summed E-state index contributed by atoms with van der Waals surface area (Å²) in [5.41, 5.74) is 0.941. The second-order valence-electron chi connectivity index (χ2n) is 4.10. The molecule has 1 aromatic carbocycles. The summed E-state index contributed by atoms with van der Waals surface area (Å²) in [5.74, 6) is 0.965. The number of carbonyl (C=O) groups excluding carboxylic acids is 1. The molecule has 17 heavy (non-hydrogen) atoms. The lowest BCUT2D eigenvalue weighted by molar-refractivity contribution is -0.121. The molecule has 1 heterocycles. The highest BCUT2D eigenvalue weighted by molar-refractivity contribution is 5.97. The molecule has 0 saturated carbocycles. The molecule has 1 amide bonds. The number of carbonyl (C=O) groups is 1. The zero-order valence-corrected chi connectivity index (χ0v) is 10.3. The largest absolute Gasteiger partial charge is 0.497 e. The summed E-state index contributed by atoms with van der Waals surface area (Å²) < 4.78 is 5.11. The Hall–Kier alpha value is -1.55. The van der Waals surface area contributed by atoms with Gasteiger partial charge in [-0.3, -0.25) is 4.79 Å². The number of nitrogens with one attached hydrogen (secondary N) is 1. The Kier molecular flexibility index (Phi) is 3.64. The predicted octanol–water partition coefficient (Wildman–Crippen LogP) is 1.41. The SMILES string of the molecule is CC[C@@H]1NCCN(c2ccc(OC)cc2)C1=O. The number of ether oxygens (including phenoxy) is 1. The minimum absolute atomic E-state index is 0.0501. The number of hydrogen-bond donors (Lipinski definition) is 1. The zero-order chi connectivity index (χ0) is 12.3. The number of rotatable bonds is 3. The third-order valence-corrected chi connectivity index (χ3v) is 3.08. The average molecular weight is 234 g/mol. The first-order valence-electron chi connectivity index (χ1n) is 5.95. The van der Waals surface area contributed by atoms with Crippen molar-refractivity contribution in [2.24, 2.45) is 0 Å². The Balaban J connectivity index is 2.17. The fourth-order valence-electron chi connectivity index (χ4n) is 2.07. The number of benzene rings is 1. The molecule has 4 heteroatoms. The molecular weight excluding hydrogens is 216 g/mol. The van der Waals surface area contributed by atoms with Crippen LogP contribution < -0.4 is 15.0 Å². The lowest BCUT2D eigenvalue weighted by Crippen LogP contribution is -2.54. The number of methoxy groups -OCH3 is 1. The van der Waals surface area contributed by atoms with Crippen LogP contribution in [-0.4, -0.2) is 32.1 Å². The molecule has 1 aliphatic heterocycles. The van der Waals surface area contributed by atoms with Crippen LogP contribution in [0.5, 0.6) is 5.75 Å². The van der Waals surface area contributed by atoms with Crippen LogP contribution in [0.15, 0.2) is 24.3 Å². The number of hydrogen-bond acceptors (Lipinski definition) is 3. The van der Waals surface area contributed by atoms with Crippen molar-refractivity contribution in [3.8, 4) is 5.75 Å². The number of piperazine rings is 1. The van der Waals surface area contributed by atoms with E-state index in [4.69, 9.17) is 4.74 Å². The summed E-state index contributed by atoms with van der Waals surface area (Å²) in [6.07, 6.45) is 0.825. The second-order valence-corrected chi connectivity index (χ2v) is 4.10. The molecule has 1 atom stereocenters. The second kappa shape index (κ2) is 5.19. The molecule has 1 saturated heterocycles. The molecule has 0 radical (unpaired) electrons. The summed E-state index contributed by atoms with van der Waals surface area (Å²) in [4.78, 5) is 14.0. The fraction of sp³-hybridized carbons (Fsp3) is 0.462. The molecule has 92 valence electrons. The van der Waals surface area contributed by atoms with Crippen molar-refractivity contribution in [2.75, 3.05) is 25.1 Å². The van der Waals surface area contributed by atoms with Crippen molar-refractivity contribution >= 4 is 11.6 Å². The molecule has 4 nitrogen and oxygen atoms in total. The van der Waals surface area contributed by atoms with Crippen molar-refractivity contribution in [1.29, 1.82) is 0 Å². The van der Waals surface area contributed by atoms with Gasteiger partial charge in [0.25, 0.3) is 0 Å². The van der Waals surface area contributed by atoms with Crippen LogP contribution in [0.1, 0.15) is 13.3 Å². The van der Waals surface area contributed by atoms with E-state index < -0.39 is 0 Å². The molecule has 1 aromatic rings. The number of amides is 1. The zero-order valence-electron chi connectivity index (χ0n) is 10.3. The van der Waals surface area contributed by atoms with E-state index in [0.29, 0.717) is 0 Å². The van der Waals surface area contributed by atoms with E-state index in [1.807, 2.05) is 36.1 Å². The van der Waals surface area contributed by atoms with Crippen LogP contribution in [0, 0.1) is 0 Å². The molecule has 0 bridgehead atoms. The van der Waals surface area contributed by atoms with Crippen molar-refractivity contribution in [3.05, 3.63) is 24.3 Å². The van der Waals surface area contributed by atoms with Gasteiger partial charge in [-0.15, -0.1) is 0 Å². The smallest absolute Gasteiger partial charge is 0.244 e. The highest BCUT2D eigenvalue weighted by Crippen LogP contribution is 2.21. The van der Waals surface area contributed by atoms with Gasteiger partial charge in [-0.2, -0.15) is 0 Å². The van der Waals surface area contributed by atoms with Crippen LogP contribution in [0.25, 0.3) is 0 Å². The minimum atomic E-state index is -0.0501. The van der Waals surface area contributed by atoms with E-state index in [1.165, 1.54) is 0 Å². The summed E-state index contributed by atoms with van der Waals surface area (Å²) >= 11 is 0. The summed E-state index contributed by atoms with van der Waals surface area (Å²) in [7, 11) is 1.64. The molecule has 1 fully saturated rings. The van der Waals surface area contributed by atoms with Gasteiger partial charge in [0.15, 0.2) is 0 Å². The first-order valence-corrected chi connectivity index (χ1v) is 5.95. The Bertz CT molecular complexity index is 389. The van der Waals surface area contributed by atoms with E-state index in [0.717, 1.165) is 30.9 Å². The maximum Gasteiger partial charge on any atom is 0.244 e. The Morgan fingerprint density at radius 1 is 1.41 bits per heavy atom. The fourth-order valence-corrected chi connectivity index (χ4v) is 2.07. The van der Waals surface area contributed by atoms with Gasteiger partial charge in [0.2, 0.25) is 5.91 Å². The van der Waals surface area contributed by atoms with Crippen molar-refractivity contribution in [3.63, 3.8) is 0 Å². The van der Waals surface area contributed by atoms with Crippen molar-refractivity contribution in [1.82, 2.24) is 5.32 Å². The third kappa shape index (κ3) is 2.42. The summed E-state index contributed by atoms with van der Waals surface area (Å²) in [5, 5.41) is 3.22. The highest BCUT2D eigenvalue weighted by atomic mass is 16.5. The van der Waals surface area contributed by atoms with Crippen LogP contribution in [0.3, 0.4) is 0 Å². The summed E-state index contributed by atoms with van der Waals surface area (Å²) in [6, 6.07) is 7.56.